The van der Waals surface area contributed by atoms with Gasteiger partial charge in [0.1, 0.15) is 11.9 Å². The van der Waals surface area contributed by atoms with Gasteiger partial charge in [0.15, 0.2) is 0 Å². The average molecular weight is 306 g/mol. The van der Waals surface area contributed by atoms with Crippen LogP contribution in [0.1, 0.15) is 22.8 Å². The minimum absolute atomic E-state index is 0.107. The molecule has 0 saturated heterocycles. The zero-order chi connectivity index (χ0) is 15.2. The molecule has 2 heteroatoms. The highest BCUT2D eigenvalue weighted by molar-refractivity contribution is 7.79. The Balaban J connectivity index is 1.91. The van der Waals surface area contributed by atoms with Crippen LogP contribution in [0.3, 0.4) is 0 Å². The van der Waals surface area contributed by atoms with Crippen LogP contribution in [0.4, 0.5) is 0 Å². The molecule has 0 radical (unpaired) electrons. The van der Waals surface area contributed by atoms with Crippen molar-refractivity contribution in [3.05, 3.63) is 102 Å². The van der Waals surface area contributed by atoms with Crippen LogP contribution in [-0.4, -0.2) is 0 Å². The minimum Gasteiger partial charge on any atom is -0.481 e. The van der Waals surface area contributed by atoms with E-state index in [1.54, 1.807) is 0 Å². The van der Waals surface area contributed by atoms with Crippen molar-refractivity contribution < 1.29 is 4.74 Å². The van der Waals surface area contributed by atoms with E-state index in [1.807, 2.05) is 48.5 Å². The maximum Gasteiger partial charge on any atom is 0.149 e. The molecule has 0 bridgehead atoms. The maximum atomic E-state index is 6.26. The molecule has 110 valence electrons. The predicted octanol–water partition coefficient (Wildman–Crippen LogP) is 5.28. The summed E-state index contributed by atoms with van der Waals surface area (Å²) < 4.78 is 6.26. The molecule has 3 aromatic rings. The van der Waals surface area contributed by atoms with Crippen molar-refractivity contribution in [2.45, 2.75) is 11.9 Å². The van der Waals surface area contributed by atoms with E-state index in [1.165, 1.54) is 5.56 Å². The Labute approximate surface area is 137 Å². The molecule has 0 N–H and O–H groups in total. The zero-order valence-corrected chi connectivity index (χ0v) is 13.1. The summed E-state index contributed by atoms with van der Waals surface area (Å²) in [5.41, 5.74) is 3.48. The first kappa shape index (κ1) is 14.7. The number of hydrogen-bond acceptors (Lipinski definition) is 2. The molecule has 0 unspecified atom stereocenters. The van der Waals surface area contributed by atoms with Gasteiger partial charge < -0.3 is 4.74 Å². The average Bonchev–Trinajstić information content (AvgIpc) is 2.62. The number of rotatable bonds is 5. The van der Waals surface area contributed by atoms with Crippen molar-refractivity contribution >= 4 is 12.6 Å². The van der Waals surface area contributed by atoms with Crippen molar-refractivity contribution in [2.24, 2.45) is 0 Å². The Bertz CT molecular complexity index is 653. The van der Waals surface area contributed by atoms with Crippen molar-refractivity contribution in [3.63, 3.8) is 0 Å². The molecule has 0 amide bonds. The molecule has 0 aliphatic rings. The van der Waals surface area contributed by atoms with Crippen LogP contribution in [0.25, 0.3) is 0 Å². The van der Waals surface area contributed by atoms with E-state index >= 15 is 0 Å². The van der Waals surface area contributed by atoms with E-state index in [4.69, 9.17) is 4.74 Å². The molecule has 0 spiro atoms. The first-order chi connectivity index (χ1) is 10.9. The minimum atomic E-state index is -0.107. The predicted molar refractivity (Wildman–Crippen MR) is 94.5 cm³/mol. The van der Waals surface area contributed by atoms with E-state index in [0.29, 0.717) is 0 Å². The van der Waals surface area contributed by atoms with Gasteiger partial charge in [0.2, 0.25) is 0 Å². The van der Waals surface area contributed by atoms with E-state index in [2.05, 4.69) is 49.0 Å². The van der Waals surface area contributed by atoms with E-state index in [0.717, 1.165) is 22.6 Å². The van der Waals surface area contributed by atoms with Crippen LogP contribution in [0.2, 0.25) is 0 Å². The van der Waals surface area contributed by atoms with Crippen LogP contribution < -0.4 is 4.74 Å². The van der Waals surface area contributed by atoms with E-state index in [-0.39, 0.29) is 6.10 Å². The maximum absolute atomic E-state index is 6.26. The van der Waals surface area contributed by atoms with Crippen LogP contribution in [0, 0.1) is 0 Å². The van der Waals surface area contributed by atoms with Crippen LogP contribution in [0.15, 0.2) is 84.9 Å². The largest absolute Gasteiger partial charge is 0.481 e. The Kier molecular flexibility index (Phi) is 4.81. The summed E-state index contributed by atoms with van der Waals surface area (Å²) in [7, 11) is 0. The van der Waals surface area contributed by atoms with Crippen molar-refractivity contribution in [1.29, 1.82) is 0 Å². The number of ether oxygens (including phenoxy) is 1. The molecule has 0 aliphatic heterocycles. The summed E-state index contributed by atoms with van der Waals surface area (Å²) >= 11 is 4.29. The lowest BCUT2D eigenvalue weighted by atomic mass is 10.0. The molecule has 3 aromatic carbocycles. The van der Waals surface area contributed by atoms with Gasteiger partial charge in [0, 0.05) is 5.75 Å². The molecule has 1 nitrogen and oxygen atoms in total. The van der Waals surface area contributed by atoms with Gasteiger partial charge in [-0.05, 0) is 28.8 Å². The Morgan fingerprint density at radius 3 is 1.64 bits per heavy atom. The van der Waals surface area contributed by atoms with Gasteiger partial charge >= 0.3 is 0 Å². The fourth-order valence-corrected chi connectivity index (χ4v) is 2.60. The van der Waals surface area contributed by atoms with Crippen LogP contribution >= 0.6 is 12.6 Å². The van der Waals surface area contributed by atoms with Crippen LogP contribution in [-0.2, 0) is 5.75 Å². The molecular formula is C20H18OS. The fraction of sp³-hybridized carbons (Fsp3) is 0.100. The summed E-state index contributed by atoms with van der Waals surface area (Å²) in [5.74, 6) is 1.60. The first-order valence-electron chi connectivity index (χ1n) is 7.33. The third kappa shape index (κ3) is 3.52. The summed E-state index contributed by atoms with van der Waals surface area (Å²) in [6.07, 6.45) is -0.107. The monoisotopic (exact) mass is 306 g/mol. The highest BCUT2D eigenvalue weighted by Crippen LogP contribution is 2.28. The van der Waals surface area contributed by atoms with Gasteiger partial charge in [-0.25, -0.2) is 0 Å². The molecule has 0 saturated carbocycles. The number of thiol groups is 1. The summed E-state index contributed by atoms with van der Waals surface area (Å²) in [4.78, 5) is 0. The first-order valence-corrected chi connectivity index (χ1v) is 7.96. The second-order valence-corrected chi connectivity index (χ2v) is 5.44. The standard InChI is InChI=1S/C20H18OS/c22-15-16-11-13-19(14-12-16)21-20(17-7-3-1-4-8-17)18-9-5-2-6-10-18/h1-14,20,22H,15H2. The van der Waals surface area contributed by atoms with Crippen molar-refractivity contribution in [2.75, 3.05) is 0 Å². The number of benzene rings is 3. The van der Waals surface area contributed by atoms with Crippen molar-refractivity contribution in [3.8, 4) is 5.75 Å². The summed E-state index contributed by atoms with van der Waals surface area (Å²) in [5, 5.41) is 0. The molecule has 22 heavy (non-hydrogen) atoms. The molecule has 0 fully saturated rings. The summed E-state index contributed by atoms with van der Waals surface area (Å²) in [6, 6.07) is 28.7. The lowest BCUT2D eigenvalue weighted by Crippen LogP contribution is -2.09. The Morgan fingerprint density at radius 2 is 1.18 bits per heavy atom. The normalized spacial score (nSPS) is 10.6. The van der Waals surface area contributed by atoms with Crippen molar-refractivity contribution in [1.82, 2.24) is 0 Å². The highest BCUT2D eigenvalue weighted by atomic mass is 32.1. The second-order valence-electron chi connectivity index (χ2n) is 5.12. The molecule has 0 heterocycles. The van der Waals surface area contributed by atoms with Gasteiger partial charge in [-0.1, -0.05) is 72.8 Å². The number of hydrogen-bond donors (Lipinski definition) is 1. The van der Waals surface area contributed by atoms with Gasteiger partial charge in [0.25, 0.3) is 0 Å². The smallest absolute Gasteiger partial charge is 0.149 e. The van der Waals surface area contributed by atoms with E-state index in [9.17, 15) is 0 Å². The molecular weight excluding hydrogens is 288 g/mol. The molecule has 0 aliphatic carbocycles. The van der Waals surface area contributed by atoms with E-state index < -0.39 is 0 Å². The van der Waals surface area contributed by atoms with Gasteiger partial charge in [-0.2, -0.15) is 12.6 Å². The van der Waals surface area contributed by atoms with Gasteiger partial charge in [-0.15, -0.1) is 0 Å². The topological polar surface area (TPSA) is 9.23 Å². The lowest BCUT2D eigenvalue weighted by molar-refractivity contribution is 0.247. The fourth-order valence-electron chi connectivity index (χ4n) is 2.39. The highest BCUT2D eigenvalue weighted by Gasteiger charge is 2.15. The Hall–Kier alpha value is -2.19. The SMILES string of the molecule is SCc1ccc(OC(c2ccccc2)c2ccccc2)cc1. The zero-order valence-electron chi connectivity index (χ0n) is 12.2. The second kappa shape index (κ2) is 7.19. The lowest BCUT2D eigenvalue weighted by Gasteiger charge is -2.20. The third-order valence-electron chi connectivity index (χ3n) is 3.56. The Morgan fingerprint density at radius 1 is 0.682 bits per heavy atom. The van der Waals surface area contributed by atoms with Gasteiger partial charge in [-0.3, -0.25) is 0 Å². The van der Waals surface area contributed by atoms with Crippen LogP contribution in [0.5, 0.6) is 5.75 Å². The molecule has 0 atom stereocenters. The summed E-state index contributed by atoms with van der Waals surface area (Å²) in [6.45, 7) is 0. The molecule has 3 rings (SSSR count). The quantitative estimate of drug-likeness (QED) is 0.631. The molecule has 0 aromatic heterocycles. The third-order valence-corrected chi connectivity index (χ3v) is 3.93. The van der Waals surface area contributed by atoms with Gasteiger partial charge in [0.05, 0.1) is 0 Å².